The van der Waals surface area contributed by atoms with E-state index in [1.54, 1.807) is 0 Å². The second kappa shape index (κ2) is 6.23. The molecule has 23 heavy (non-hydrogen) atoms. The van der Waals surface area contributed by atoms with Crippen LogP contribution in [0.2, 0.25) is 5.02 Å². The second-order valence-electron chi connectivity index (χ2n) is 5.57. The Hall–Kier alpha value is -2.03. The minimum atomic E-state index is -0.363. The van der Waals surface area contributed by atoms with Crippen LogP contribution in [0.5, 0.6) is 0 Å². The van der Waals surface area contributed by atoms with Gasteiger partial charge in [-0.05, 0) is 41.0 Å². The van der Waals surface area contributed by atoms with E-state index in [0.29, 0.717) is 0 Å². The molecule has 0 fully saturated rings. The van der Waals surface area contributed by atoms with Gasteiger partial charge in [0.1, 0.15) is 0 Å². The third kappa shape index (κ3) is 3.05. The zero-order valence-corrected chi connectivity index (χ0v) is 14.1. The first kappa shape index (κ1) is 14.6. The molecular weight excluding hydrogens is 322 g/mol. The molecule has 0 saturated heterocycles. The Bertz CT molecular complexity index is 857. The molecule has 1 atom stereocenters. The fourth-order valence-electron chi connectivity index (χ4n) is 2.79. The maximum atomic E-state index is 5.96. The third-order valence-electron chi connectivity index (χ3n) is 3.99. The minimum absolute atomic E-state index is 0.363. The standard InChI is InChI=1S/C20H16ClNS/c21-18-9-6-15(7-10-18)13-23-14-22-19-12-17(8-11-20(19)23)16-4-2-1-3-5-16/h1-12,14,23H,13H2. The molecule has 114 valence electrons. The van der Waals surface area contributed by atoms with Crippen LogP contribution in [0.1, 0.15) is 5.56 Å². The summed E-state index contributed by atoms with van der Waals surface area (Å²) in [6, 6.07) is 25.2. The van der Waals surface area contributed by atoms with Crippen molar-refractivity contribution in [1.82, 2.24) is 0 Å². The Morgan fingerprint density at radius 1 is 0.826 bits per heavy atom. The lowest BCUT2D eigenvalue weighted by atomic mass is 10.1. The maximum absolute atomic E-state index is 5.96. The number of thiol groups is 1. The first-order valence-electron chi connectivity index (χ1n) is 7.54. The molecule has 3 aromatic rings. The normalized spacial score (nSPS) is 17.2. The van der Waals surface area contributed by atoms with Gasteiger partial charge in [-0.2, -0.15) is 10.9 Å². The molecule has 1 aliphatic rings. The lowest BCUT2D eigenvalue weighted by Gasteiger charge is -2.14. The Morgan fingerprint density at radius 2 is 1.61 bits per heavy atom. The predicted octanol–water partition coefficient (Wildman–Crippen LogP) is 6.24. The van der Waals surface area contributed by atoms with E-state index in [0.717, 1.165) is 16.5 Å². The van der Waals surface area contributed by atoms with Gasteiger partial charge in [-0.1, -0.05) is 60.1 Å². The van der Waals surface area contributed by atoms with Crippen molar-refractivity contribution in [3.8, 4) is 11.1 Å². The first-order chi connectivity index (χ1) is 11.3. The van der Waals surface area contributed by atoms with Crippen LogP contribution in [0.4, 0.5) is 5.69 Å². The summed E-state index contributed by atoms with van der Waals surface area (Å²) >= 11 is 5.96. The van der Waals surface area contributed by atoms with E-state index in [1.807, 2.05) is 18.2 Å². The number of rotatable bonds is 3. The molecular formula is C20H16ClNS. The summed E-state index contributed by atoms with van der Waals surface area (Å²) < 4.78 is 0. The quantitative estimate of drug-likeness (QED) is 0.543. The van der Waals surface area contributed by atoms with Crippen molar-refractivity contribution in [2.45, 2.75) is 10.6 Å². The fraction of sp³-hybridized carbons (Fsp3) is 0.0500. The summed E-state index contributed by atoms with van der Waals surface area (Å²) in [4.78, 5) is 6.03. The van der Waals surface area contributed by atoms with E-state index < -0.39 is 0 Å². The molecule has 1 unspecified atom stereocenters. The van der Waals surface area contributed by atoms with Crippen molar-refractivity contribution in [1.29, 1.82) is 0 Å². The zero-order valence-electron chi connectivity index (χ0n) is 12.5. The highest BCUT2D eigenvalue weighted by Crippen LogP contribution is 2.49. The van der Waals surface area contributed by atoms with Crippen molar-refractivity contribution in [2.24, 2.45) is 4.99 Å². The summed E-state index contributed by atoms with van der Waals surface area (Å²) in [5.41, 5.74) is 7.02. The second-order valence-corrected chi connectivity index (χ2v) is 7.97. The average Bonchev–Trinajstić information content (AvgIpc) is 3.00. The van der Waals surface area contributed by atoms with Crippen LogP contribution in [-0.2, 0) is 5.75 Å². The molecule has 0 bridgehead atoms. The molecule has 1 aliphatic heterocycles. The molecule has 1 nitrogen and oxygen atoms in total. The van der Waals surface area contributed by atoms with Gasteiger partial charge in [0.25, 0.3) is 0 Å². The number of fused-ring (bicyclic) bond motifs is 1. The SMILES string of the molecule is Clc1ccc(C[SH]2C=Nc3cc(-c4ccccc4)ccc32)cc1. The maximum Gasteiger partial charge on any atom is 0.0763 e. The molecule has 3 aromatic carbocycles. The van der Waals surface area contributed by atoms with Crippen LogP contribution < -0.4 is 0 Å². The Balaban J connectivity index is 1.60. The Morgan fingerprint density at radius 3 is 2.39 bits per heavy atom. The molecule has 0 amide bonds. The largest absolute Gasteiger partial charge is 0.250 e. The lowest BCUT2D eigenvalue weighted by molar-refractivity contribution is 1.36. The number of aliphatic imine (C=N–C) groups is 1. The number of halogens is 1. The van der Waals surface area contributed by atoms with Crippen molar-refractivity contribution in [2.75, 3.05) is 0 Å². The van der Waals surface area contributed by atoms with Gasteiger partial charge < -0.3 is 0 Å². The molecule has 1 heterocycles. The lowest BCUT2D eigenvalue weighted by Crippen LogP contribution is -1.88. The summed E-state index contributed by atoms with van der Waals surface area (Å²) in [6.45, 7) is 0. The van der Waals surface area contributed by atoms with Crippen LogP contribution in [0.3, 0.4) is 0 Å². The van der Waals surface area contributed by atoms with Crippen LogP contribution in [-0.4, -0.2) is 5.55 Å². The number of benzene rings is 3. The molecule has 0 aromatic heterocycles. The molecule has 0 radical (unpaired) electrons. The van der Waals surface area contributed by atoms with Crippen molar-refractivity contribution in [3.63, 3.8) is 0 Å². The van der Waals surface area contributed by atoms with Gasteiger partial charge in [0.05, 0.1) is 5.69 Å². The van der Waals surface area contributed by atoms with Gasteiger partial charge in [-0.25, -0.2) is 0 Å². The predicted molar refractivity (Wildman–Crippen MR) is 102 cm³/mol. The van der Waals surface area contributed by atoms with Gasteiger partial charge in [0.2, 0.25) is 0 Å². The monoisotopic (exact) mass is 337 g/mol. The van der Waals surface area contributed by atoms with Crippen molar-refractivity contribution < 1.29 is 0 Å². The highest BCUT2D eigenvalue weighted by molar-refractivity contribution is 8.28. The summed E-state index contributed by atoms with van der Waals surface area (Å²) in [5.74, 6) is 1.02. The van der Waals surface area contributed by atoms with Crippen LogP contribution in [0, 0.1) is 0 Å². The minimum Gasteiger partial charge on any atom is -0.250 e. The van der Waals surface area contributed by atoms with Crippen LogP contribution in [0.25, 0.3) is 11.1 Å². The van der Waals surface area contributed by atoms with E-state index in [2.05, 4.69) is 65.1 Å². The van der Waals surface area contributed by atoms with Gasteiger partial charge in [-0.15, -0.1) is 0 Å². The van der Waals surface area contributed by atoms with E-state index in [9.17, 15) is 0 Å². The Labute approximate surface area is 144 Å². The van der Waals surface area contributed by atoms with Gasteiger partial charge in [0, 0.05) is 21.2 Å². The van der Waals surface area contributed by atoms with E-state index in [-0.39, 0.29) is 10.9 Å². The third-order valence-corrected chi connectivity index (χ3v) is 6.34. The molecule has 4 rings (SSSR count). The van der Waals surface area contributed by atoms with Gasteiger partial charge in [-0.3, -0.25) is 4.99 Å². The van der Waals surface area contributed by atoms with Crippen LogP contribution in [0.15, 0.2) is 82.7 Å². The van der Waals surface area contributed by atoms with Crippen molar-refractivity contribution >= 4 is 33.7 Å². The molecule has 0 aliphatic carbocycles. The van der Waals surface area contributed by atoms with Crippen molar-refractivity contribution in [3.05, 3.63) is 83.4 Å². The van der Waals surface area contributed by atoms with Gasteiger partial charge >= 0.3 is 0 Å². The Kier molecular flexibility index (Phi) is 3.94. The van der Waals surface area contributed by atoms with Gasteiger partial charge in [0.15, 0.2) is 0 Å². The van der Waals surface area contributed by atoms with E-state index in [4.69, 9.17) is 11.6 Å². The fourth-order valence-corrected chi connectivity index (χ4v) is 4.84. The number of nitrogens with zero attached hydrogens (tertiary/aromatic N) is 1. The zero-order chi connectivity index (χ0) is 15.6. The van der Waals surface area contributed by atoms with E-state index in [1.165, 1.54) is 21.6 Å². The molecule has 0 spiro atoms. The molecule has 3 heteroatoms. The first-order valence-corrected chi connectivity index (χ1v) is 9.52. The summed E-state index contributed by atoms with van der Waals surface area (Å²) in [7, 11) is -0.363. The topological polar surface area (TPSA) is 12.4 Å². The number of hydrogen-bond donors (Lipinski definition) is 1. The molecule has 0 N–H and O–H groups in total. The molecule has 0 saturated carbocycles. The van der Waals surface area contributed by atoms with E-state index >= 15 is 0 Å². The number of hydrogen-bond acceptors (Lipinski definition) is 1. The average molecular weight is 338 g/mol. The highest BCUT2D eigenvalue weighted by Gasteiger charge is 2.16. The van der Waals surface area contributed by atoms with Crippen LogP contribution >= 0.6 is 22.5 Å². The summed E-state index contributed by atoms with van der Waals surface area (Å²) in [6.07, 6.45) is 0. The summed E-state index contributed by atoms with van der Waals surface area (Å²) in [5, 5.41) is 0.787. The highest BCUT2D eigenvalue weighted by atomic mass is 35.5. The smallest absolute Gasteiger partial charge is 0.0763 e.